The van der Waals surface area contributed by atoms with E-state index in [4.69, 9.17) is 21.3 Å². The van der Waals surface area contributed by atoms with Crippen molar-refractivity contribution in [1.29, 1.82) is 0 Å². The summed E-state index contributed by atoms with van der Waals surface area (Å²) >= 11 is 7.91. The summed E-state index contributed by atoms with van der Waals surface area (Å²) in [5.74, 6) is 1.50. The van der Waals surface area contributed by atoms with Gasteiger partial charge in [-0.25, -0.2) is 4.99 Å². The van der Waals surface area contributed by atoms with E-state index in [-0.39, 0.29) is 17.2 Å². The minimum Gasteiger partial charge on any atom is -0.506 e. The summed E-state index contributed by atoms with van der Waals surface area (Å²) in [5.41, 5.74) is 2.53. The summed E-state index contributed by atoms with van der Waals surface area (Å²) < 4.78 is 6.55. The lowest BCUT2D eigenvalue weighted by molar-refractivity contribution is 0.0133. The molecular weight excluding hydrogens is 416 g/mol. The number of nitrogens with zero attached hydrogens (tertiary/aromatic N) is 1. The molecule has 2 aliphatic heterocycles. The van der Waals surface area contributed by atoms with Gasteiger partial charge in [0.15, 0.2) is 5.17 Å². The molecule has 0 bridgehead atoms. The second-order valence-electron chi connectivity index (χ2n) is 8.71. The molecule has 4 rings (SSSR count). The van der Waals surface area contributed by atoms with Gasteiger partial charge in [-0.1, -0.05) is 53.7 Å². The van der Waals surface area contributed by atoms with Gasteiger partial charge >= 0.3 is 0 Å². The van der Waals surface area contributed by atoms with E-state index in [0.29, 0.717) is 23.6 Å². The van der Waals surface area contributed by atoms with Crippen molar-refractivity contribution in [1.82, 2.24) is 5.32 Å². The average Bonchev–Trinajstić information content (AvgIpc) is 2.66. The van der Waals surface area contributed by atoms with E-state index in [1.807, 2.05) is 12.1 Å². The summed E-state index contributed by atoms with van der Waals surface area (Å²) in [6.07, 6.45) is 3.29. The summed E-state index contributed by atoms with van der Waals surface area (Å²) in [4.78, 5) is 5.05. The van der Waals surface area contributed by atoms with Crippen LogP contribution in [0.3, 0.4) is 0 Å². The Bertz CT molecular complexity index is 1020. The first-order chi connectivity index (χ1) is 14.2. The van der Waals surface area contributed by atoms with Gasteiger partial charge in [0.25, 0.3) is 0 Å². The molecule has 0 aliphatic carbocycles. The van der Waals surface area contributed by atoms with Crippen molar-refractivity contribution in [3.8, 4) is 11.5 Å². The maximum Gasteiger partial charge on any atom is 0.206 e. The Kier molecular flexibility index (Phi) is 5.54. The highest BCUT2D eigenvalue weighted by atomic mass is 35.5. The molecule has 1 spiro atoms. The normalized spacial score (nSPS) is 24.4. The maximum atomic E-state index is 10.3. The number of fused-ring (bicyclic) bond motifs is 1. The van der Waals surface area contributed by atoms with Gasteiger partial charge in [0.05, 0.1) is 5.02 Å². The molecule has 30 heavy (non-hydrogen) atoms. The van der Waals surface area contributed by atoms with Gasteiger partial charge in [-0.15, -0.1) is 6.58 Å². The quantitative estimate of drug-likeness (QED) is 0.571. The smallest absolute Gasteiger partial charge is 0.206 e. The van der Waals surface area contributed by atoms with Gasteiger partial charge < -0.3 is 15.2 Å². The zero-order chi connectivity index (χ0) is 21.5. The predicted octanol–water partition coefficient (Wildman–Crippen LogP) is 6.01. The minimum atomic E-state index is -0.724. The van der Waals surface area contributed by atoms with E-state index in [2.05, 4.69) is 56.9 Å². The van der Waals surface area contributed by atoms with Crippen LogP contribution in [-0.4, -0.2) is 27.3 Å². The number of ether oxygens (including phenoxy) is 1. The number of amidine groups is 1. The van der Waals surface area contributed by atoms with Crippen LogP contribution in [0.2, 0.25) is 5.02 Å². The summed E-state index contributed by atoms with van der Waals surface area (Å²) in [6, 6.07) is 11.9. The Morgan fingerprint density at radius 2 is 2.10 bits per heavy atom. The lowest BCUT2D eigenvalue weighted by Gasteiger charge is -2.47. The first-order valence-corrected chi connectivity index (χ1v) is 11.5. The molecule has 2 N–H and O–H groups in total. The monoisotopic (exact) mass is 442 g/mol. The van der Waals surface area contributed by atoms with Crippen molar-refractivity contribution in [3.05, 3.63) is 70.8 Å². The molecule has 0 radical (unpaired) electrons. The van der Waals surface area contributed by atoms with Gasteiger partial charge in [0.2, 0.25) is 5.72 Å². The van der Waals surface area contributed by atoms with Gasteiger partial charge in [0.1, 0.15) is 11.5 Å². The van der Waals surface area contributed by atoms with Crippen LogP contribution in [0.25, 0.3) is 0 Å². The van der Waals surface area contributed by atoms with Gasteiger partial charge in [-0.3, -0.25) is 0 Å². The van der Waals surface area contributed by atoms with Crippen molar-refractivity contribution < 1.29 is 9.84 Å². The van der Waals surface area contributed by atoms with E-state index in [0.717, 1.165) is 16.5 Å². The van der Waals surface area contributed by atoms with Crippen LogP contribution in [0.1, 0.15) is 49.3 Å². The Labute approximate surface area is 187 Å². The van der Waals surface area contributed by atoms with Crippen LogP contribution in [0.4, 0.5) is 0 Å². The van der Waals surface area contributed by atoms with E-state index in [1.165, 1.54) is 11.1 Å². The number of aromatic hydroxyl groups is 1. The van der Waals surface area contributed by atoms with Gasteiger partial charge in [0, 0.05) is 41.7 Å². The molecule has 2 aromatic rings. The first kappa shape index (κ1) is 21.1. The van der Waals surface area contributed by atoms with Crippen LogP contribution < -0.4 is 10.1 Å². The summed E-state index contributed by atoms with van der Waals surface area (Å²) in [6.45, 7) is 10.3. The number of benzene rings is 2. The topological polar surface area (TPSA) is 53.9 Å². The van der Waals surface area contributed by atoms with Crippen LogP contribution in [-0.2, 0) is 0 Å². The number of phenols is 1. The highest BCUT2D eigenvalue weighted by Gasteiger charge is 2.48. The number of aryl methyl sites for hydroxylation is 1. The number of rotatable bonds is 3. The lowest BCUT2D eigenvalue weighted by atomic mass is 9.77. The van der Waals surface area contributed by atoms with Gasteiger partial charge in [-0.05, 0) is 38.0 Å². The van der Waals surface area contributed by atoms with Crippen LogP contribution >= 0.6 is 23.4 Å². The van der Waals surface area contributed by atoms with Crippen LogP contribution in [0.15, 0.2) is 54.0 Å². The van der Waals surface area contributed by atoms with Crippen molar-refractivity contribution in [2.24, 2.45) is 4.99 Å². The second-order valence-corrected chi connectivity index (χ2v) is 10.1. The molecule has 0 amide bonds. The van der Waals surface area contributed by atoms with Crippen molar-refractivity contribution >= 4 is 28.5 Å². The molecule has 6 heteroatoms. The number of phenolic OH excluding ortho intramolecular Hbond substituents is 1. The zero-order valence-electron chi connectivity index (χ0n) is 17.5. The molecule has 2 heterocycles. The highest BCUT2D eigenvalue weighted by Crippen LogP contribution is 2.51. The highest BCUT2D eigenvalue weighted by molar-refractivity contribution is 8.13. The standard InChI is InChI=1S/C24H27ClN2O2S/c1-5-10-30-22-26-23(3,4)14-24(27-22)13-18(16-9-7-6-8-15(16)2)17-11-19(25)20(28)12-21(17)29-24/h5-9,11-12,18,28H,1,10,13-14H2,2-4H3,(H,26,27). The Balaban J connectivity index is 1.86. The molecule has 0 saturated carbocycles. The fourth-order valence-corrected chi connectivity index (χ4v) is 5.54. The first-order valence-electron chi connectivity index (χ1n) is 10.1. The van der Waals surface area contributed by atoms with E-state index < -0.39 is 5.72 Å². The molecule has 0 fully saturated rings. The molecule has 4 nitrogen and oxygen atoms in total. The molecule has 2 aromatic carbocycles. The minimum absolute atomic E-state index is 0.0226. The summed E-state index contributed by atoms with van der Waals surface area (Å²) in [5, 5.41) is 15.0. The molecule has 2 unspecified atom stereocenters. The molecular formula is C24H27ClN2O2S. The average molecular weight is 443 g/mol. The zero-order valence-corrected chi connectivity index (χ0v) is 19.1. The number of thioether (sulfide) groups is 1. The Hall–Kier alpha value is -2.11. The third-order valence-corrected chi connectivity index (χ3v) is 6.82. The van der Waals surface area contributed by atoms with Crippen molar-refractivity contribution in [2.75, 3.05) is 5.75 Å². The number of hydrogen-bond acceptors (Lipinski definition) is 5. The maximum absolute atomic E-state index is 10.3. The summed E-state index contributed by atoms with van der Waals surface area (Å²) in [7, 11) is 0. The Morgan fingerprint density at radius 1 is 1.33 bits per heavy atom. The van der Waals surface area contributed by atoms with Gasteiger partial charge in [-0.2, -0.15) is 0 Å². The third-order valence-electron chi connectivity index (χ3n) is 5.65. The SMILES string of the molecule is C=CCSC1=NC2(CC(c3ccccc3C)c3cc(Cl)c(O)cc3O2)CC(C)(C)N1. The van der Waals surface area contributed by atoms with E-state index in [9.17, 15) is 5.11 Å². The number of aliphatic imine (C=N–C) groups is 1. The predicted molar refractivity (Wildman–Crippen MR) is 126 cm³/mol. The molecule has 0 saturated heterocycles. The molecule has 158 valence electrons. The number of halogens is 1. The van der Waals surface area contributed by atoms with E-state index in [1.54, 1.807) is 17.8 Å². The third kappa shape index (κ3) is 4.06. The second kappa shape index (κ2) is 7.86. The largest absolute Gasteiger partial charge is 0.506 e. The van der Waals surface area contributed by atoms with Crippen LogP contribution in [0, 0.1) is 6.92 Å². The molecule has 0 aromatic heterocycles. The number of nitrogens with one attached hydrogen (secondary N) is 1. The molecule has 2 aliphatic rings. The Morgan fingerprint density at radius 3 is 2.83 bits per heavy atom. The molecule has 2 atom stereocenters. The fourth-order valence-electron chi connectivity index (χ4n) is 4.51. The van der Waals surface area contributed by atoms with Crippen molar-refractivity contribution in [3.63, 3.8) is 0 Å². The lowest BCUT2D eigenvalue weighted by Crippen LogP contribution is -2.57. The van der Waals surface area contributed by atoms with E-state index >= 15 is 0 Å². The fraction of sp³-hybridized carbons (Fsp3) is 0.375. The van der Waals surface area contributed by atoms with Crippen LogP contribution in [0.5, 0.6) is 11.5 Å². The van der Waals surface area contributed by atoms with Crippen molar-refractivity contribution in [2.45, 2.75) is 50.8 Å². The number of hydrogen-bond donors (Lipinski definition) is 2.